The van der Waals surface area contributed by atoms with E-state index in [1.807, 2.05) is 19.9 Å². The van der Waals surface area contributed by atoms with E-state index in [9.17, 15) is 14.4 Å². The first-order valence-electron chi connectivity index (χ1n) is 10.6. The number of ether oxygens (including phenoxy) is 2. The molecule has 3 amide bonds. The lowest BCUT2D eigenvalue weighted by Crippen LogP contribution is -2.57. The van der Waals surface area contributed by atoms with Crippen molar-refractivity contribution in [2.75, 3.05) is 19.6 Å². The fourth-order valence-electron chi connectivity index (χ4n) is 4.65. The van der Waals surface area contributed by atoms with Crippen molar-refractivity contribution in [3.05, 3.63) is 29.8 Å². The van der Waals surface area contributed by atoms with Gasteiger partial charge < -0.3 is 24.6 Å². The van der Waals surface area contributed by atoms with Gasteiger partial charge in [-0.3, -0.25) is 14.4 Å². The SMILES string of the molecule is CC1CN(C(=O)C(C)N2CCC3(CCC2=O)NC(=O)c2ccccc2O3)CC(C)O1. The van der Waals surface area contributed by atoms with Crippen molar-refractivity contribution >= 4 is 17.7 Å². The van der Waals surface area contributed by atoms with Gasteiger partial charge in [0.25, 0.3) is 5.91 Å². The summed E-state index contributed by atoms with van der Waals surface area (Å²) in [6, 6.07) is 6.53. The lowest BCUT2D eigenvalue weighted by atomic mass is 10.0. The number of morpholine rings is 1. The Bertz CT molecular complexity index is 849. The maximum Gasteiger partial charge on any atom is 0.258 e. The van der Waals surface area contributed by atoms with Gasteiger partial charge in [-0.1, -0.05) is 12.1 Å². The fourth-order valence-corrected chi connectivity index (χ4v) is 4.65. The number of carbonyl (C=O) groups is 3. The van der Waals surface area contributed by atoms with E-state index in [-0.39, 0.29) is 36.4 Å². The van der Waals surface area contributed by atoms with Crippen LogP contribution in [0.1, 0.15) is 50.4 Å². The van der Waals surface area contributed by atoms with Gasteiger partial charge in [-0.05, 0) is 32.9 Å². The quantitative estimate of drug-likeness (QED) is 0.792. The molecule has 1 aromatic rings. The molecule has 1 spiro atoms. The van der Waals surface area contributed by atoms with Crippen LogP contribution >= 0.6 is 0 Å². The molecule has 2 saturated heterocycles. The first kappa shape index (κ1) is 20.7. The van der Waals surface area contributed by atoms with Gasteiger partial charge in [0.1, 0.15) is 11.8 Å². The molecule has 3 aliphatic heterocycles. The van der Waals surface area contributed by atoms with Crippen molar-refractivity contribution in [1.82, 2.24) is 15.1 Å². The third-order valence-electron chi connectivity index (χ3n) is 6.15. The van der Waals surface area contributed by atoms with Gasteiger partial charge in [0, 0.05) is 38.9 Å². The maximum atomic E-state index is 13.1. The van der Waals surface area contributed by atoms with Crippen molar-refractivity contribution in [2.45, 2.75) is 64.0 Å². The molecule has 0 saturated carbocycles. The summed E-state index contributed by atoms with van der Waals surface area (Å²) in [6.07, 6.45) is 0.940. The molecule has 3 heterocycles. The molecule has 0 bridgehead atoms. The first-order valence-corrected chi connectivity index (χ1v) is 10.6. The van der Waals surface area contributed by atoms with Gasteiger partial charge >= 0.3 is 0 Å². The highest BCUT2D eigenvalue weighted by atomic mass is 16.5. The van der Waals surface area contributed by atoms with Crippen molar-refractivity contribution in [2.24, 2.45) is 0 Å². The number of nitrogens with zero attached hydrogens (tertiary/aromatic N) is 2. The van der Waals surface area contributed by atoms with Crippen molar-refractivity contribution in [3.63, 3.8) is 0 Å². The van der Waals surface area contributed by atoms with Crippen LogP contribution in [-0.2, 0) is 14.3 Å². The molecule has 3 aliphatic rings. The Morgan fingerprint density at radius 1 is 1.17 bits per heavy atom. The van der Waals surface area contributed by atoms with E-state index < -0.39 is 11.8 Å². The molecule has 4 rings (SSSR count). The molecule has 0 aromatic heterocycles. The zero-order valence-corrected chi connectivity index (χ0v) is 17.7. The molecule has 30 heavy (non-hydrogen) atoms. The molecular formula is C22H29N3O5. The van der Waals surface area contributed by atoms with Crippen LogP contribution in [-0.4, -0.2) is 71.1 Å². The van der Waals surface area contributed by atoms with Crippen LogP contribution in [0.2, 0.25) is 0 Å². The van der Waals surface area contributed by atoms with Crippen LogP contribution < -0.4 is 10.1 Å². The molecule has 8 heteroatoms. The summed E-state index contributed by atoms with van der Waals surface area (Å²) < 4.78 is 11.9. The molecule has 0 radical (unpaired) electrons. The Balaban J connectivity index is 1.48. The lowest BCUT2D eigenvalue weighted by molar-refractivity contribution is -0.152. The van der Waals surface area contributed by atoms with Crippen LogP contribution in [0, 0.1) is 0 Å². The van der Waals surface area contributed by atoms with Gasteiger partial charge in [-0.25, -0.2) is 0 Å². The van der Waals surface area contributed by atoms with E-state index in [1.54, 1.807) is 34.9 Å². The largest absolute Gasteiger partial charge is 0.467 e. The number of rotatable bonds is 2. The molecule has 4 atom stereocenters. The minimum Gasteiger partial charge on any atom is -0.467 e. The Morgan fingerprint density at radius 3 is 2.60 bits per heavy atom. The van der Waals surface area contributed by atoms with E-state index in [0.717, 1.165) is 0 Å². The third kappa shape index (κ3) is 3.88. The maximum absolute atomic E-state index is 13.1. The van der Waals surface area contributed by atoms with Crippen LogP contribution in [0.15, 0.2) is 24.3 Å². The van der Waals surface area contributed by atoms with E-state index in [4.69, 9.17) is 9.47 Å². The van der Waals surface area contributed by atoms with Crippen LogP contribution in [0.5, 0.6) is 5.75 Å². The number of likely N-dealkylation sites (tertiary alicyclic amines) is 1. The monoisotopic (exact) mass is 415 g/mol. The highest BCUT2D eigenvalue weighted by Crippen LogP contribution is 2.34. The number of para-hydroxylation sites is 1. The number of carbonyl (C=O) groups excluding carboxylic acids is 3. The Labute approximate surface area is 176 Å². The second-order valence-corrected chi connectivity index (χ2v) is 8.56. The number of hydrogen-bond donors (Lipinski definition) is 1. The summed E-state index contributed by atoms with van der Waals surface area (Å²) in [5, 5.41) is 2.96. The van der Waals surface area contributed by atoms with Gasteiger partial charge in [-0.2, -0.15) is 0 Å². The van der Waals surface area contributed by atoms with Crippen LogP contribution in [0.3, 0.4) is 0 Å². The van der Waals surface area contributed by atoms with Crippen molar-refractivity contribution in [1.29, 1.82) is 0 Å². The first-order chi connectivity index (χ1) is 14.3. The molecule has 2 fully saturated rings. The molecule has 1 aromatic carbocycles. The average Bonchev–Trinajstić information content (AvgIpc) is 2.85. The third-order valence-corrected chi connectivity index (χ3v) is 6.15. The summed E-state index contributed by atoms with van der Waals surface area (Å²) in [5.41, 5.74) is -0.435. The highest BCUT2D eigenvalue weighted by Gasteiger charge is 2.44. The standard InChI is InChI=1S/C22H29N3O5/c1-14-12-24(13-15(2)29-14)21(28)16(3)25-11-10-22(9-8-19(25)26)23-20(27)17-6-4-5-7-18(17)30-22/h4-7,14-16H,8-13H2,1-3H3,(H,23,27). The smallest absolute Gasteiger partial charge is 0.258 e. The van der Waals surface area contributed by atoms with E-state index in [0.29, 0.717) is 43.8 Å². The minimum absolute atomic E-state index is 0.0288. The summed E-state index contributed by atoms with van der Waals surface area (Å²) in [6.45, 7) is 7.05. The lowest BCUT2D eigenvalue weighted by Gasteiger charge is -2.39. The number of nitrogens with one attached hydrogen (secondary N) is 1. The number of amides is 3. The highest BCUT2D eigenvalue weighted by molar-refractivity contribution is 5.98. The summed E-state index contributed by atoms with van der Waals surface area (Å²) in [7, 11) is 0. The fraction of sp³-hybridized carbons (Fsp3) is 0.591. The molecule has 1 N–H and O–H groups in total. The second kappa shape index (κ2) is 7.91. The Morgan fingerprint density at radius 2 is 1.87 bits per heavy atom. The van der Waals surface area contributed by atoms with Gasteiger partial charge in [-0.15, -0.1) is 0 Å². The second-order valence-electron chi connectivity index (χ2n) is 8.56. The van der Waals surface area contributed by atoms with Gasteiger partial charge in [0.2, 0.25) is 11.8 Å². The Kier molecular flexibility index (Phi) is 5.44. The predicted molar refractivity (Wildman–Crippen MR) is 109 cm³/mol. The van der Waals surface area contributed by atoms with Crippen molar-refractivity contribution < 1.29 is 23.9 Å². The number of fused-ring (bicyclic) bond motifs is 1. The van der Waals surface area contributed by atoms with Gasteiger partial charge in [0.05, 0.1) is 17.8 Å². The Hall–Kier alpha value is -2.61. The van der Waals surface area contributed by atoms with Gasteiger partial charge in [0.15, 0.2) is 5.72 Å². The molecule has 0 aliphatic carbocycles. The summed E-state index contributed by atoms with van der Waals surface area (Å²) in [5.74, 6) is 0.166. The van der Waals surface area contributed by atoms with Crippen LogP contribution in [0.4, 0.5) is 0 Å². The molecule has 4 unspecified atom stereocenters. The normalized spacial score (nSPS) is 30.2. The van der Waals surface area contributed by atoms with E-state index in [2.05, 4.69) is 5.32 Å². The van der Waals surface area contributed by atoms with E-state index in [1.165, 1.54) is 0 Å². The summed E-state index contributed by atoms with van der Waals surface area (Å²) in [4.78, 5) is 42.0. The summed E-state index contributed by atoms with van der Waals surface area (Å²) >= 11 is 0. The average molecular weight is 415 g/mol. The molecular weight excluding hydrogens is 386 g/mol. The van der Waals surface area contributed by atoms with E-state index >= 15 is 0 Å². The number of hydrogen-bond acceptors (Lipinski definition) is 5. The number of benzene rings is 1. The molecule has 8 nitrogen and oxygen atoms in total. The molecule has 162 valence electrons. The zero-order valence-electron chi connectivity index (χ0n) is 17.7. The topological polar surface area (TPSA) is 88.2 Å². The minimum atomic E-state index is -0.930. The predicted octanol–water partition coefficient (Wildman–Crippen LogP) is 1.54. The van der Waals surface area contributed by atoms with Crippen LogP contribution in [0.25, 0.3) is 0 Å². The van der Waals surface area contributed by atoms with Crippen molar-refractivity contribution in [3.8, 4) is 5.75 Å². The zero-order chi connectivity index (χ0) is 21.5.